The Labute approximate surface area is 138 Å². The number of rotatable bonds is 3. The van der Waals surface area contributed by atoms with Crippen molar-refractivity contribution in [1.82, 2.24) is 0 Å². The summed E-state index contributed by atoms with van der Waals surface area (Å²) in [5.74, 6) is 0. The normalized spacial score (nSPS) is 11.4. The Morgan fingerprint density at radius 2 is 1.45 bits per heavy atom. The molecule has 0 aromatic heterocycles. The van der Waals surface area contributed by atoms with E-state index in [1.807, 2.05) is 78.9 Å². The lowest BCUT2D eigenvalue weighted by molar-refractivity contribution is 1.47. The molecule has 0 aliphatic rings. The molecule has 3 aromatic carbocycles. The van der Waals surface area contributed by atoms with E-state index in [9.17, 15) is 0 Å². The number of anilines is 1. The number of benzene rings is 3. The molecule has 2 N–H and O–H groups in total. The average molecular weight is 351 g/mol. The zero-order valence-corrected chi connectivity index (χ0v) is 13.5. The first-order valence-corrected chi connectivity index (χ1v) is 7.78. The van der Waals surface area contributed by atoms with E-state index < -0.39 is 0 Å². The largest absolute Gasteiger partial charge is 0.398 e. The molecular formula is C19H15BrN2. The minimum atomic E-state index is 0.710. The smallest absolute Gasteiger partial charge is 0.0802 e. The molecule has 0 saturated heterocycles. The van der Waals surface area contributed by atoms with Crippen LogP contribution >= 0.6 is 15.9 Å². The van der Waals surface area contributed by atoms with Crippen molar-refractivity contribution in [3.63, 3.8) is 0 Å². The van der Waals surface area contributed by atoms with E-state index in [2.05, 4.69) is 15.9 Å². The van der Waals surface area contributed by atoms with E-state index in [1.54, 1.807) is 0 Å². The number of aliphatic imine (C=N–C) groups is 1. The molecule has 0 radical (unpaired) electrons. The van der Waals surface area contributed by atoms with Crippen molar-refractivity contribution in [3.8, 4) is 0 Å². The lowest BCUT2D eigenvalue weighted by Crippen LogP contribution is -2.06. The van der Waals surface area contributed by atoms with Crippen molar-refractivity contribution in [2.24, 2.45) is 4.99 Å². The van der Waals surface area contributed by atoms with Crippen LogP contribution in [-0.2, 0) is 0 Å². The molecule has 0 unspecified atom stereocenters. The van der Waals surface area contributed by atoms with Crippen LogP contribution in [0.5, 0.6) is 0 Å². The number of nitrogens with two attached hydrogens (primary N) is 1. The van der Waals surface area contributed by atoms with Gasteiger partial charge in [0.05, 0.1) is 11.4 Å². The summed E-state index contributed by atoms with van der Waals surface area (Å²) in [7, 11) is 0. The first-order chi connectivity index (χ1) is 10.7. The fourth-order valence-electron chi connectivity index (χ4n) is 2.24. The van der Waals surface area contributed by atoms with Crippen LogP contribution in [0.15, 0.2) is 88.3 Å². The number of nitrogens with zero attached hydrogens (tertiary/aromatic N) is 1. The molecule has 0 atom stereocenters. The maximum Gasteiger partial charge on any atom is 0.0802 e. The molecule has 22 heavy (non-hydrogen) atoms. The van der Waals surface area contributed by atoms with Crippen molar-refractivity contribution in [3.05, 3.63) is 94.5 Å². The first-order valence-electron chi connectivity index (χ1n) is 6.98. The highest BCUT2D eigenvalue weighted by Gasteiger charge is 2.11. The third-order valence-electron chi connectivity index (χ3n) is 3.31. The van der Waals surface area contributed by atoms with E-state index in [0.717, 1.165) is 27.0 Å². The molecule has 3 heteroatoms. The molecule has 0 aliphatic heterocycles. The molecule has 0 spiro atoms. The molecule has 3 aromatic rings. The van der Waals surface area contributed by atoms with Crippen molar-refractivity contribution in [2.75, 3.05) is 5.73 Å². The van der Waals surface area contributed by atoms with Gasteiger partial charge in [-0.15, -0.1) is 0 Å². The predicted octanol–water partition coefficient (Wildman–Crippen LogP) is 5.20. The van der Waals surface area contributed by atoms with E-state index in [4.69, 9.17) is 10.7 Å². The highest BCUT2D eigenvalue weighted by Crippen LogP contribution is 2.24. The molecule has 0 heterocycles. The van der Waals surface area contributed by atoms with Gasteiger partial charge in [-0.3, -0.25) is 0 Å². The first kappa shape index (κ1) is 14.5. The number of para-hydroxylation sites is 1. The Hall–Kier alpha value is -2.39. The maximum atomic E-state index is 6.18. The maximum absolute atomic E-state index is 6.18. The van der Waals surface area contributed by atoms with Gasteiger partial charge in [0, 0.05) is 21.3 Å². The second kappa shape index (κ2) is 6.58. The van der Waals surface area contributed by atoms with E-state index in [1.165, 1.54) is 0 Å². The second-order valence-electron chi connectivity index (χ2n) is 4.89. The van der Waals surface area contributed by atoms with Gasteiger partial charge in [0.25, 0.3) is 0 Å². The summed E-state index contributed by atoms with van der Waals surface area (Å²) >= 11 is 3.51. The Morgan fingerprint density at radius 3 is 2.14 bits per heavy atom. The summed E-state index contributed by atoms with van der Waals surface area (Å²) in [6, 6.07) is 25.8. The lowest BCUT2D eigenvalue weighted by Gasteiger charge is -2.11. The Morgan fingerprint density at radius 1 is 0.818 bits per heavy atom. The molecule has 0 saturated carbocycles. The minimum Gasteiger partial charge on any atom is -0.398 e. The average Bonchev–Trinajstić information content (AvgIpc) is 2.57. The number of halogens is 1. The molecule has 0 aliphatic carbocycles. The third-order valence-corrected chi connectivity index (χ3v) is 3.81. The van der Waals surface area contributed by atoms with Crippen LogP contribution in [-0.4, -0.2) is 5.71 Å². The van der Waals surface area contributed by atoms with Crippen molar-refractivity contribution in [1.29, 1.82) is 0 Å². The van der Waals surface area contributed by atoms with Gasteiger partial charge in [-0.25, -0.2) is 4.99 Å². The van der Waals surface area contributed by atoms with Gasteiger partial charge in [0.15, 0.2) is 0 Å². The SMILES string of the molecule is Nc1ccc(Br)cc1C(=Nc1ccccc1)c1ccccc1. The topological polar surface area (TPSA) is 38.4 Å². The predicted molar refractivity (Wildman–Crippen MR) is 96.7 cm³/mol. The molecule has 2 nitrogen and oxygen atoms in total. The van der Waals surface area contributed by atoms with Crippen LogP contribution < -0.4 is 5.73 Å². The number of hydrogen-bond acceptors (Lipinski definition) is 2. The molecule has 3 rings (SSSR count). The molecule has 0 amide bonds. The Bertz CT molecular complexity index is 796. The van der Waals surface area contributed by atoms with Gasteiger partial charge in [-0.1, -0.05) is 64.5 Å². The van der Waals surface area contributed by atoms with Crippen LogP contribution in [0.1, 0.15) is 11.1 Å². The summed E-state index contributed by atoms with van der Waals surface area (Å²) in [6.07, 6.45) is 0. The zero-order chi connectivity index (χ0) is 15.4. The number of nitrogen functional groups attached to an aromatic ring is 1. The molecule has 108 valence electrons. The standard InChI is InChI=1S/C19H15BrN2/c20-15-11-12-18(21)17(13-15)19(14-7-3-1-4-8-14)22-16-9-5-2-6-10-16/h1-13H,21H2. The molecular weight excluding hydrogens is 336 g/mol. The minimum absolute atomic E-state index is 0.710. The molecule has 0 fully saturated rings. The van der Waals surface area contributed by atoms with Crippen molar-refractivity contribution >= 4 is 33.0 Å². The molecule has 0 bridgehead atoms. The Kier molecular flexibility index (Phi) is 4.35. The Balaban J connectivity index is 2.20. The zero-order valence-electron chi connectivity index (χ0n) is 11.9. The fourth-order valence-corrected chi connectivity index (χ4v) is 2.60. The summed E-state index contributed by atoms with van der Waals surface area (Å²) in [5, 5.41) is 0. The monoisotopic (exact) mass is 350 g/mol. The second-order valence-corrected chi connectivity index (χ2v) is 5.81. The van der Waals surface area contributed by atoms with Crippen LogP contribution in [0.3, 0.4) is 0 Å². The van der Waals surface area contributed by atoms with Crippen LogP contribution in [0.4, 0.5) is 11.4 Å². The van der Waals surface area contributed by atoms with Crippen molar-refractivity contribution in [2.45, 2.75) is 0 Å². The van der Waals surface area contributed by atoms with Crippen LogP contribution in [0, 0.1) is 0 Å². The summed E-state index contributed by atoms with van der Waals surface area (Å²) in [5.41, 5.74) is 10.6. The van der Waals surface area contributed by atoms with Crippen LogP contribution in [0.2, 0.25) is 0 Å². The van der Waals surface area contributed by atoms with Gasteiger partial charge < -0.3 is 5.73 Å². The highest BCUT2D eigenvalue weighted by molar-refractivity contribution is 9.10. The van der Waals surface area contributed by atoms with E-state index in [0.29, 0.717) is 5.69 Å². The van der Waals surface area contributed by atoms with Gasteiger partial charge in [-0.2, -0.15) is 0 Å². The fraction of sp³-hybridized carbons (Fsp3) is 0. The number of hydrogen-bond donors (Lipinski definition) is 1. The van der Waals surface area contributed by atoms with Crippen LogP contribution in [0.25, 0.3) is 0 Å². The highest BCUT2D eigenvalue weighted by atomic mass is 79.9. The van der Waals surface area contributed by atoms with Gasteiger partial charge in [0.2, 0.25) is 0 Å². The third kappa shape index (κ3) is 3.26. The van der Waals surface area contributed by atoms with Crippen molar-refractivity contribution < 1.29 is 0 Å². The van der Waals surface area contributed by atoms with E-state index >= 15 is 0 Å². The summed E-state index contributed by atoms with van der Waals surface area (Å²) in [4.78, 5) is 4.82. The van der Waals surface area contributed by atoms with Gasteiger partial charge >= 0.3 is 0 Å². The lowest BCUT2D eigenvalue weighted by atomic mass is 10.0. The van der Waals surface area contributed by atoms with Gasteiger partial charge in [-0.05, 0) is 30.3 Å². The van der Waals surface area contributed by atoms with E-state index in [-0.39, 0.29) is 0 Å². The quantitative estimate of drug-likeness (QED) is 0.511. The summed E-state index contributed by atoms with van der Waals surface area (Å²) in [6.45, 7) is 0. The summed E-state index contributed by atoms with van der Waals surface area (Å²) < 4.78 is 0.980. The van der Waals surface area contributed by atoms with Gasteiger partial charge in [0.1, 0.15) is 0 Å².